The number of nitrogens with zero attached hydrogens (tertiary/aromatic N) is 2. The Morgan fingerprint density at radius 1 is 1.22 bits per heavy atom. The maximum Gasteiger partial charge on any atom is 0.359 e. The van der Waals surface area contributed by atoms with Gasteiger partial charge in [0.2, 0.25) is 0 Å². The van der Waals surface area contributed by atoms with E-state index in [1.54, 1.807) is 4.90 Å². The van der Waals surface area contributed by atoms with Gasteiger partial charge >= 0.3 is 5.97 Å². The van der Waals surface area contributed by atoms with Gasteiger partial charge in [-0.25, -0.2) is 9.78 Å². The molecule has 0 unspecified atom stereocenters. The third-order valence-electron chi connectivity index (χ3n) is 3.66. The molecule has 2 rings (SSSR count). The number of halogens is 3. The first-order chi connectivity index (χ1) is 10.8. The first-order valence-electron chi connectivity index (χ1n) is 7.24. The fraction of sp³-hybridized carbons (Fsp3) is 0.533. The van der Waals surface area contributed by atoms with Crippen LogP contribution in [0.4, 0.5) is 0 Å². The van der Waals surface area contributed by atoms with Crippen molar-refractivity contribution in [2.75, 3.05) is 19.7 Å². The quantitative estimate of drug-likeness (QED) is 0.751. The summed E-state index contributed by atoms with van der Waals surface area (Å²) >= 11 is 17.5. The van der Waals surface area contributed by atoms with E-state index in [-0.39, 0.29) is 33.3 Å². The topological polar surface area (TPSA) is 59.5 Å². The zero-order valence-corrected chi connectivity index (χ0v) is 15.1. The van der Waals surface area contributed by atoms with Crippen LogP contribution in [0.2, 0.25) is 15.1 Å². The second-order valence-corrected chi connectivity index (χ2v) is 7.07. The molecule has 5 nitrogen and oxygen atoms in total. The van der Waals surface area contributed by atoms with Crippen LogP contribution in [0.5, 0.6) is 0 Å². The third kappa shape index (κ3) is 4.49. The Hall–Kier alpha value is -1.04. The smallest absolute Gasteiger partial charge is 0.359 e. The summed E-state index contributed by atoms with van der Waals surface area (Å²) in [6.07, 6.45) is 2.30. The standard InChI is InChI=1S/C15H17Cl3N2O3/c1-8-3-9(2)6-20(5-8)11(21)7-23-15(22)14-13(18)12(17)10(16)4-19-14/h4,8-9H,3,5-7H2,1-2H3/t8-,9+. The van der Waals surface area contributed by atoms with Crippen LogP contribution < -0.4 is 0 Å². The lowest BCUT2D eigenvalue weighted by atomic mass is 9.92. The highest BCUT2D eigenvalue weighted by Gasteiger charge is 2.26. The molecule has 0 spiro atoms. The molecule has 126 valence electrons. The van der Waals surface area contributed by atoms with Gasteiger partial charge in [0.05, 0.1) is 15.1 Å². The summed E-state index contributed by atoms with van der Waals surface area (Å²) in [7, 11) is 0. The van der Waals surface area contributed by atoms with Crippen LogP contribution >= 0.6 is 34.8 Å². The molecule has 2 heterocycles. The lowest BCUT2D eigenvalue weighted by Crippen LogP contribution is -2.44. The lowest BCUT2D eigenvalue weighted by molar-refractivity contribution is -0.137. The van der Waals surface area contributed by atoms with E-state index in [0.29, 0.717) is 24.9 Å². The summed E-state index contributed by atoms with van der Waals surface area (Å²) in [6, 6.07) is 0. The van der Waals surface area contributed by atoms with Crippen LogP contribution in [0.1, 0.15) is 30.8 Å². The van der Waals surface area contributed by atoms with Crippen molar-refractivity contribution in [3.63, 3.8) is 0 Å². The van der Waals surface area contributed by atoms with Crippen molar-refractivity contribution in [1.29, 1.82) is 0 Å². The molecule has 0 radical (unpaired) electrons. The van der Waals surface area contributed by atoms with E-state index in [0.717, 1.165) is 6.42 Å². The third-order valence-corrected chi connectivity index (χ3v) is 4.90. The molecule has 0 aliphatic carbocycles. The van der Waals surface area contributed by atoms with Gasteiger partial charge in [0, 0.05) is 19.3 Å². The Kier molecular flexibility index (Phi) is 6.12. The van der Waals surface area contributed by atoms with Crippen LogP contribution in [-0.2, 0) is 9.53 Å². The minimum Gasteiger partial charge on any atom is -0.451 e. The van der Waals surface area contributed by atoms with Gasteiger partial charge in [0.15, 0.2) is 12.3 Å². The molecule has 0 aromatic carbocycles. The number of esters is 1. The van der Waals surface area contributed by atoms with Crippen LogP contribution in [0.3, 0.4) is 0 Å². The number of aromatic nitrogens is 1. The monoisotopic (exact) mass is 378 g/mol. The van der Waals surface area contributed by atoms with E-state index < -0.39 is 5.97 Å². The summed E-state index contributed by atoms with van der Waals surface area (Å²) in [5, 5.41) is 0.0812. The highest BCUT2D eigenvalue weighted by molar-refractivity contribution is 6.48. The number of amides is 1. The van der Waals surface area contributed by atoms with E-state index >= 15 is 0 Å². The van der Waals surface area contributed by atoms with E-state index in [1.807, 2.05) is 0 Å². The molecule has 1 fully saturated rings. The predicted molar refractivity (Wildman–Crippen MR) is 89.1 cm³/mol. The number of rotatable bonds is 3. The molecule has 0 saturated carbocycles. The summed E-state index contributed by atoms with van der Waals surface area (Å²) in [4.78, 5) is 29.7. The highest BCUT2D eigenvalue weighted by Crippen LogP contribution is 2.31. The first-order valence-corrected chi connectivity index (χ1v) is 8.37. The molecule has 1 aliphatic rings. The summed E-state index contributed by atoms with van der Waals surface area (Å²) < 4.78 is 5.01. The molecule has 0 N–H and O–H groups in total. The average molecular weight is 380 g/mol. The SMILES string of the molecule is C[C@@H]1C[C@H](C)CN(C(=O)COC(=O)c2ncc(Cl)c(Cl)c2Cl)C1. The molecule has 1 aromatic rings. The summed E-state index contributed by atoms with van der Waals surface area (Å²) in [5.74, 6) is -0.165. The Morgan fingerprint density at radius 3 is 2.43 bits per heavy atom. The van der Waals surface area contributed by atoms with Gasteiger partial charge < -0.3 is 9.64 Å². The zero-order valence-electron chi connectivity index (χ0n) is 12.8. The van der Waals surface area contributed by atoms with Crippen molar-refractivity contribution >= 4 is 46.7 Å². The maximum absolute atomic E-state index is 12.2. The Balaban J connectivity index is 1.96. The summed E-state index contributed by atoms with van der Waals surface area (Å²) in [5.41, 5.74) is -0.158. The van der Waals surface area contributed by atoms with Gasteiger partial charge in [-0.05, 0) is 18.3 Å². The molecule has 1 saturated heterocycles. The lowest BCUT2D eigenvalue weighted by Gasteiger charge is -2.34. The largest absolute Gasteiger partial charge is 0.451 e. The first kappa shape index (κ1) is 18.3. The van der Waals surface area contributed by atoms with E-state index in [9.17, 15) is 9.59 Å². The fourth-order valence-electron chi connectivity index (χ4n) is 2.74. The van der Waals surface area contributed by atoms with Gasteiger partial charge in [0.25, 0.3) is 5.91 Å². The van der Waals surface area contributed by atoms with Crippen LogP contribution in [0.25, 0.3) is 0 Å². The number of hydrogen-bond donors (Lipinski definition) is 0. The van der Waals surface area contributed by atoms with E-state index in [2.05, 4.69) is 18.8 Å². The molecule has 1 aliphatic heterocycles. The molecular weight excluding hydrogens is 363 g/mol. The normalized spacial score (nSPS) is 21.2. The number of pyridine rings is 1. The zero-order chi connectivity index (χ0) is 17.1. The van der Waals surface area contributed by atoms with Crippen LogP contribution in [0, 0.1) is 11.8 Å². The predicted octanol–water partition coefficient (Wildman–Crippen LogP) is 3.70. The second-order valence-electron chi connectivity index (χ2n) is 5.90. The molecule has 8 heteroatoms. The van der Waals surface area contributed by atoms with Gasteiger partial charge in [0.1, 0.15) is 0 Å². The minimum absolute atomic E-state index is 0.0280. The van der Waals surface area contributed by atoms with Crippen molar-refractivity contribution in [3.8, 4) is 0 Å². The number of ether oxygens (including phenoxy) is 1. The van der Waals surface area contributed by atoms with Crippen molar-refractivity contribution in [3.05, 3.63) is 27.0 Å². The van der Waals surface area contributed by atoms with Crippen LogP contribution in [0.15, 0.2) is 6.20 Å². The van der Waals surface area contributed by atoms with Crippen molar-refractivity contribution in [2.24, 2.45) is 11.8 Å². The second kappa shape index (κ2) is 7.69. The van der Waals surface area contributed by atoms with Crippen LogP contribution in [-0.4, -0.2) is 41.5 Å². The van der Waals surface area contributed by atoms with Crippen molar-refractivity contribution < 1.29 is 14.3 Å². The van der Waals surface area contributed by atoms with Gasteiger partial charge in [-0.1, -0.05) is 48.7 Å². The van der Waals surface area contributed by atoms with Gasteiger partial charge in [-0.3, -0.25) is 4.79 Å². The highest BCUT2D eigenvalue weighted by atomic mass is 35.5. The molecule has 0 bridgehead atoms. The summed E-state index contributed by atoms with van der Waals surface area (Å²) in [6.45, 7) is 5.19. The molecular formula is C15H17Cl3N2O3. The van der Waals surface area contributed by atoms with Gasteiger partial charge in [-0.2, -0.15) is 0 Å². The van der Waals surface area contributed by atoms with E-state index in [1.165, 1.54) is 6.20 Å². The number of carbonyl (C=O) groups is 2. The number of carbonyl (C=O) groups excluding carboxylic acids is 2. The molecule has 23 heavy (non-hydrogen) atoms. The number of likely N-dealkylation sites (tertiary alicyclic amines) is 1. The van der Waals surface area contributed by atoms with Crippen molar-refractivity contribution in [1.82, 2.24) is 9.88 Å². The average Bonchev–Trinajstić information content (AvgIpc) is 2.49. The van der Waals surface area contributed by atoms with Gasteiger partial charge in [-0.15, -0.1) is 0 Å². The Labute approximate surface area is 149 Å². The number of piperidine rings is 1. The Morgan fingerprint density at radius 2 is 1.83 bits per heavy atom. The fourth-order valence-corrected chi connectivity index (χ4v) is 3.30. The maximum atomic E-state index is 12.2. The Bertz CT molecular complexity index is 614. The molecule has 2 atom stereocenters. The minimum atomic E-state index is -0.806. The molecule has 1 amide bonds. The molecule has 1 aromatic heterocycles. The van der Waals surface area contributed by atoms with E-state index in [4.69, 9.17) is 39.5 Å². The number of hydrogen-bond acceptors (Lipinski definition) is 4. The van der Waals surface area contributed by atoms with Crippen molar-refractivity contribution in [2.45, 2.75) is 20.3 Å².